The van der Waals surface area contributed by atoms with Crippen LogP contribution in [0.3, 0.4) is 0 Å². The minimum absolute atomic E-state index is 0.141. The maximum Gasteiger partial charge on any atom is 0.408 e. The van der Waals surface area contributed by atoms with E-state index >= 15 is 0 Å². The molecule has 120 valence electrons. The molecule has 1 N–H and O–H groups in total. The monoisotopic (exact) mass is 313 g/mol. The lowest BCUT2D eigenvalue weighted by molar-refractivity contribution is 0.0506. The van der Waals surface area contributed by atoms with Gasteiger partial charge < -0.3 is 14.6 Å². The average molecular weight is 313 g/mol. The molecule has 0 fully saturated rings. The Bertz CT molecular complexity index is 454. The molecule has 0 aliphatic carbocycles. The summed E-state index contributed by atoms with van der Waals surface area (Å²) in [5.41, 5.74) is 0.510. The molecule has 0 bridgehead atoms. The predicted molar refractivity (Wildman–Crippen MR) is 87.7 cm³/mol. The van der Waals surface area contributed by atoms with Crippen LogP contribution in [0.15, 0.2) is 12.5 Å². The fourth-order valence-electron chi connectivity index (χ4n) is 2.10. The van der Waals surface area contributed by atoms with Gasteiger partial charge in [-0.25, -0.2) is 9.78 Å². The molecule has 5 nitrogen and oxygen atoms in total. The summed E-state index contributed by atoms with van der Waals surface area (Å²) in [5, 5.41) is 2.87. The van der Waals surface area contributed by atoms with Crippen molar-refractivity contribution in [3.63, 3.8) is 0 Å². The molecule has 0 aliphatic heterocycles. The van der Waals surface area contributed by atoms with Crippen LogP contribution in [-0.4, -0.2) is 33.3 Å². The fraction of sp³-hybridized carbons (Fsp3) is 0.733. The van der Waals surface area contributed by atoms with E-state index in [1.165, 1.54) is 0 Å². The van der Waals surface area contributed by atoms with Crippen LogP contribution in [-0.2, 0) is 4.74 Å². The van der Waals surface area contributed by atoms with Crippen LogP contribution >= 0.6 is 11.8 Å². The highest BCUT2D eigenvalue weighted by atomic mass is 32.2. The van der Waals surface area contributed by atoms with E-state index in [1.807, 2.05) is 52.0 Å². The number of aromatic nitrogens is 2. The van der Waals surface area contributed by atoms with Gasteiger partial charge in [-0.15, -0.1) is 0 Å². The van der Waals surface area contributed by atoms with Crippen LogP contribution < -0.4 is 5.32 Å². The van der Waals surface area contributed by atoms with Crippen molar-refractivity contribution in [1.82, 2.24) is 14.9 Å². The molecule has 1 aromatic heterocycles. The van der Waals surface area contributed by atoms with Gasteiger partial charge in [-0.1, -0.05) is 6.92 Å². The summed E-state index contributed by atoms with van der Waals surface area (Å²) < 4.78 is 7.45. The van der Waals surface area contributed by atoms with E-state index in [9.17, 15) is 4.79 Å². The van der Waals surface area contributed by atoms with E-state index < -0.39 is 11.7 Å². The van der Waals surface area contributed by atoms with Gasteiger partial charge in [-0.2, -0.15) is 11.8 Å². The van der Waals surface area contributed by atoms with Gasteiger partial charge in [0.1, 0.15) is 5.60 Å². The number of rotatable bonds is 6. The third-order valence-electron chi connectivity index (χ3n) is 3.10. The van der Waals surface area contributed by atoms with Crippen molar-refractivity contribution < 1.29 is 9.53 Å². The summed E-state index contributed by atoms with van der Waals surface area (Å²) in [6.07, 6.45) is 6.38. The number of imidazole rings is 1. The largest absolute Gasteiger partial charge is 0.444 e. The number of ether oxygens (including phenoxy) is 1. The second-order valence-corrected chi connectivity index (χ2v) is 7.02. The topological polar surface area (TPSA) is 56.2 Å². The van der Waals surface area contributed by atoms with Crippen molar-refractivity contribution in [2.45, 2.75) is 58.7 Å². The summed E-state index contributed by atoms with van der Waals surface area (Å²) in [5.74, 6) is 1.03. The lowest BCUT2D eigenvalue weighted by Crippen LogP contribution is -2.35. The second kappa shape index (κ2) is 7.73. The van der Waals surface area contributed by atoms with Crippen LogP contribution in [0.5, 0.6) is 0 Å². The van der Waals surface area contributed by atoms with Gasteiger partial charge in [0.25, 0.3) is 0 Å². The molecule has 0 spiro atoms. The standard InChI is InChI=1S/C15H27N3O2S/c1-7-12(9-21-6)18-10-16-8-13(18)11(2)17-14(19)20-15(3,4)5/h8,10-12H,7,9H2,1-6H3,(H,17,19). The summed E-state index contributed by atoms with van der Waals surface area (Å²) in [7, 11) is 0. The fourth-order valence-corrected chi connectivity index (χ4v) is 2.88. The number of thioether (sulfide) groups is 1. The van der Waals surface area contributed by atoms with Crippen molar-refractivity contribution in [3.8, 4) is 0 Å². The Morgan fingerprint density at radius 3 is 2.71 bits per heavy atom. The maximum absolute atomic E-state index is 11.9. The minimum Gasteiger partial charge on any atom is -0.444 e. The second-order valence-electron chi connectivity index (χ2n) is 6.11. The molecule has 0 radical (unpaired) electrons. The third-order valence-corrected chi connectivity index (χ3v) is 3.81. The highest BCUT2D eigenvalue weighted by molar-refractivity contribution is 7.98. The quantitative estimate of drug-likeness (QED) is 0.868. The Morgan fingerprint density at radius 2 is 2.19 bits per heavy atom. The van der Waals surface area contributed by atoms with E-state index in [4.69, 9.17) is 4.74 Å². The molecule has 21 heavy (non-hydrogen) atoms. The predicted octanol–water partition coefficient (Wildman–Crippen LogP) is 3.78. The number of nitrogens with zero attached hydrogens (tertiary/aromatic N) is 2. The summed E-state index contributed by atoms with van der Waals surface area (Å²) in [6, 6.07) is 0.249. The summed E-state index contributed by atoms with van der Waals surface area (Å²) in [6.45, 7) is 9.67. The van der Waals surface area contributed by atoms with Crippen molar-refractivity contribution in [1.29, 1.82) is 0 Å². The third kappa shape index (κ3) is 5.61. The van der Waals surface area contributed by atoms with Crippen LogP contribution in [0.1, 0.15) is 58.8 Å². The number of hydrogen-bond acceptors (Lipinski definition) is 4. The number of carbonyl (C=O) groups is 1. The first-order valence-corrected chi connectivity index (χ1v) is 8.68. The van der Waals surface area contributed by atoms with E-state index in [-0.39, 0.29) is 6.04 Å². The van der Waals surface area contributed by atoms with Crippen LogP contribution in [0.25, 0.3) is 0 Å². The molecule has 6 heteroatoms. The number of nitrogens with one attached hydrogen (secondary N) is 1. The Balaban J connectivity index is 2.77. The van der Waals surface area contributed by atoms with E-state index in [2.05, 4.69) is 28.0 Å². The van der Waals surface area contributed by atoms with E-state index in [0.717, 1.165) is 17.9 Å². The molecule has 2 atom stereocenters. The molecule has 0 aromatic carbocycles. The summed E-state index contributed by atoms with van der Waals surface area (Å²) >= 11 is 1.81. The first-order chi connectivity index (χ1) is 9.78. The van der Waals surface area contributed by atoms with Gasteiger partial charge in [0.15, 0.2) is 0 Å². The Labute approximate surface area is 131 Å². The van der Waals surface area contributed by atoms with Crippen molar-refractivity contribution >= 4 is 17.9 Å². The van der Waals surface area contributed by atoms with Gasteiger partial charge in [0, 0.05) is 11.8 Å². The molecule has 1 heterocycles. The van der Waals surface area contributed by atoms with Gasteiger partial charge >= 0.3 is 6.09 Å². The highest BCUT2D eigenvalue weighted by Gasteiger charge is 2.21. The van der Waals surface area contributed by atoms with Gasteiger partial charge in [-0.05, 0) is 40.4 Å². The molecule has 0 aliphatic rings. The van der Waals surface area contributed by atoms with Crippen molar-refractivity contribution in [3.05, 3.63) is 18.2 Å². The maximum atomic E-state index is 11.9. The van der Waals surface area contributed by atoms with Gasteiger partial charge in [0.2, 0.25) is 0 Å². The van der Waals surface area contributed by atoms with Crippen molar-refractivity contribution in [2.75, 3.05) is 12.0 Å². The molecular formula is C15H27N3O2S. The lowest BCUT2D eigenvalue weighted by atomic mass is 10.2. The average Bonchev–Trinajstić information content (AvgIpc) is 2.82. The van der Waals surface area contributed by atoms with E-state index in [0.29, 0.717) is 6.04 Å². The number of carbonyl (C=O) groups excluding carboxylic acids is 1. The Morgan fingerprint density at radius 1 is 1.52 bits per heavy atom. The lowest BCUT2D eigenvalue weighted by Gasteiger charge is -2.24. The molecule has 0 saturated carbocycles. The van der Waals surface area contributed by atoms with E-state index in [1.54, 1.807) is 0 Å². The summed E-state index contributed by atoms with van der Waals surface area (Å²) in [4.78, 5) is 16.1. The molecule has 1 rings (SSSR count). The Kier molecular flexibility index (Phi) is 6.58. The number of amides is 1. The zero-order chi connectivity index (χ0) is 16.0. The van der Waals surface area contributed by atoms with Crippen LogP contribution in [0.2, 0.25) is 0 Å². The normalized spacial score (nSPS) is 14.6. The molecular weight excluding hydrogens is 286 g/mol. The Hall–Kier alpha value is -1.17. The minimum atomic E-state index is -0.491. The van der Waals surface area contributed by atoms with Crippen LogP contribution in [0, 0.1) is 0 Å². The first kappa shape index (κ1) is 17.9. The van der Waals surface area contributed by atoms with Gasteiger partial charge in [-0.3, -0.25) is 0 Å². The van der Waals surface area contributed by atoms with Crippen molar-refractivity contribution in [2.24, 2.45) is 0 Å². The van der Waals surface area contributed by atoms with Gasteiger partial charge in [0.05, 0.1) is 24.3 Å². The highest BCUT2D eigenvalue weighted by Crippen LogP contribution is 2.22. The molecule has 1 amide bonds. The molecule has 2 unspecified atom stereocenters. The van der Waals surface area contributed by atoms with Crippen LogP contribution in [0.4, 0.5) is 4.79 Å². The molecule has 0 saturated heterocycles. The zero-order valence-electron chi connectivity index (χ0n) is 13.8. The smallest absolute Gasteiger partial charge is 0.408 e. The first-order valence-electron chi connectivity index (χ1n) is 7.28. The number of alkyl carbamates (subject to hydrolysis) is 1. The molecule has 1 aromatic rings. The zero-order valence-corrected chi connectivity index (χ0v) is 14.7. The number of hydrogen-bond donors (Lipinski definition) is 1. The SMILES string of the molecule is CCC(CSC)n1cncc1C(C)NC(=O)OC(C)(C)C.